The summed E-state index contributed by atoms with van der Waals surface area (Å²) in [5, 5.41) is 3.76. The van der Waals surface area contributed by atoms with Gasteiger partial charge in [0.2, 0.25) is 0 Å². The first kappa shape index (κ1) is 13.7. The molecule has 0 aromatic heterocycles. The highest BCUT2D eigenvalue weighted by Crippen LogP contribution is 2.33. The summed E-state index contributed by atoms with van der Waals surface area (Å²) >= 11 is 0. The highest BCUT2D eigenvalue weighted by atomic mass is 15.3. The summed E-state index contributed by atoms with van der Waals surface area (Å²) in [5.74, 6) is 0. The van der Waals surface area contributed by atoms with Gasteiger partial charge in [0.1, 0.15) is 0 Å². The molecule has 1 saturated carbocycles. The molecule has 1 N–H and O–H groups in total. The maximum Gasteiger partial charge on any atom is 0.0535 e. The number of hydrogen-bond acceptors (Lipinski definition) is 3. The SMILES string of the molecule is CC1(c2ccccc2)CN(C2CCN(C3CC3)C2)CCN1. The van der Waals surface area contributed by atoms with Crippen LogP contribution < -0.4 is 5.32 Å². The van der Waals surface area contributed by atoms with Crippen LogP contribution in [0.1, 0.15) is 31.7 Å². The van der Waals surface area contributed by atoms with Crippen molar-refractivity contribution >= 4 is 0 Å². The zero-order chi connectivity index (χ0) is 14.3. The van der Waals surface area contributed by atoms with Crippen molar-refractivity contribution in [1.82, 2.24) is 15.1 Å². The van der Waals surface area contributed by atoms with Gasteiger partial charge in [-0.15, -0.1) is 0 Å². The molecule has 1 aromatic rings. The smallest absolute Gasteiger partial charge is 0.0535 e. The zero-order valence-electron chi connectivity index (χ0n) is 13.1. The minimum Gasteiger partial charge on any atom is -0.305 e. The van der Waals surface area contributed by atoms with Crippen LogP contribution in [-0.4, -0.2) is 54.6 Å². The van der Waals surface area contributed by atoms with Gasteiger partial charge in [-0.2, -0.15) is 0 Å². The van der Waals surface area contributed by atoms with Crippen molar-refractivity contribution in [1.29, 1.82) is 0 Å². The number of hydrogen-bond donors (Lipinski definition) is 1. The van der Waals surface area contributed by atoms with Crippen molar-refractivity contribution in [3.05, 3.63) is 35.9 Å². The molecule has 2 unspecified atom stereocenters. The summed E-state index contributed by atoms with van der Waals surface area (Å²) in [6.07, 6.45) is 4.24. The van der Waals surface area contributed by atoms with Crippen LogP contribution in [0.2, 0.25) is 0 Å². The second-order valence-electron chi connectivity index (χ2n) is 7.26. The molecule has 3 fully saturated rings. The molecule has 2 atom stereocenters. The molecule has 2 aliphatic heterocycles. The van der Waals surface area contributed by atoms with E-state index in [2.05, 4.69) is 52.4 Å². The first-order chi connectivity index (χ1) is 10.2. The number of nitrogens with zero attached hydrogens (tertiary/aromatic N) is 2. The van der Waals surface area contributed by atoms with E-state index in [-0.39, 0.29) is 5.54 Å². The third-order valence-electron chi connectivity index (χ3n) is 5.62. The van der Waals surface area contributed by atoms with Crippen molar-refractivity contribution in [2.75, 3.05) is 32.7 Å². The number of piperazine rings is 1. The standard InChI is InChI=1S/C18H27N3/c1-18(15-5-3-2-4-6-15)14-21(12-10-19-18)17-9-11-20(13-17)16-7-8-16/h2-6,16-17,19H,7-14H2,1H3. The van der Waals surface area contributed by atoms with Crippen molar-refractivity contribution in [3.8, 4) is 0 Å². The number of benzene rings is 1. The third kappa shape index (κ3) is 2.75. The predicted octanol–water partition coefficient (Wildman–Crippen LogP) is 2.04. The maximum absolute atomic E-state index is 3.76. The largest absolute Gasteiger partial charge is 0.305 e. The van der Waals surface area contributed by atoms with E-state index in [1.807, 2.05) is 0 Å². The molecular formula is C18H27N3. The van der Waals surface area contributed by atoms with Gasteiger partial charge in [0.05, 0.1) is 5.54 Å². The van der Waals surface area contributed by atoms with E-state index in [1.54, 1.807) is 0 Å². The molecule has 2 saturated heterocycles. The molecule has 21 heavy (non-hydrogen) atoms. The first-order valence-corrected chi connectivity index (χ1v) is 8.53. The van der Waals surface area contributed by atoms with Gasteiger partial charge in [-0.3, -0.25) is 9.80 Å². The lowest BCUT2D eigenvalue weighted by Gasteiger charge is -2.44. The van der Waals surface area contributed by atoms with Crippen LogP contribution in [0, 0.1) is 0 Å². The molecule has 1 aliphatic carbocycles. The zero-order valence-corrected chi connectivity index (χ0v) is 13.1. The Kier molecular flexibility index (Phi) is 3.52. The van der Waals surface area contributed by atoms with E-state index in [0.717, 1.165) is 25.2 Å². The van der Waals surface area contributed by atoms with E-state index in [1.165, 1.54) is 44.5 Å². The molecule has 1 aromatic carbocycles. The van der Waals surface area contributed by atoms with E-state index >= 15 is 0 Å². The van der Waals surface area contributed by atoms with Crippen LogP contribution in [0.15, 0.2) is 30.3 Å². The molecular weight excluding hydrogens is 258 g/mol. The highest BCUT2D eigenvalue weighted by molar-refractivity contribution is 5.25. The molecule has 3 nitrogen and oxygen atoms in total. The lowest BCUT2D eigenvalue weighted by molar-refractivity contribution is 0.100. The van der Waals surface area contributed by atoms with Crippen molar-refractivity contribution in [2.24, 2.45) is 0 Å². The summed E-state index contributed by atoms with van der Waals surface area (Å²) in [5.41, 5.74) is 1.53. The second-order valence-corrected chi connectivity index (χ2v) is 7.26. The molecule has 0 radical (unpaired) electrons. The monoisotopic (exact) mass is 285 g/mol. The Balaban J connectivity index is 1.45. The minimum atomic E-state index is 0.104. The second kappa shape index (κ2) is 5.38. The lowest BCUT2D eigenvalue weighted by atomic mass is 9.89. The normalized spacial score (nSPS) is 35.2. The van der Waals surface area contributed by atoms with Gasteiger partial charge in [-0.25, -0.2) is 0 Å². The Morgan fingerprint density at radius 1 is 1.00 bits per heavy atom. The molecule has 0 bridgehead atoms. The number of nitrogens with one attached hydrogen (secondary N) is 1. The van der Waals surface area contributed by atoms with E-state index < -0.39 is 0 Å². The predicted molar refractivity (Wildman–Crippen MR) is 86.4 cm³/mol. The summed E-state index contributed by atoms with van der Waals surface area (Å²) in [6, 6.07) is 12.7. The molecule has 114 valence electrons. The Morgan fingerprint density at radius 2 is 1.81 bits per heavy atom. The van der Waals surface area contributed by atoms with E-state index in [4.69, 9.17) is 0 Å². The lowest BCUT2D eigenvalue weighted by Crippen LogP contribution is -2.59. The first-order valence-electron chi connectivity index (χ1n) is 8.53. The summed E-state index contributed by atoms with van der Waals surface area (Å²) in [6.45, 7) is 8.43. The molecule has 4 rings (SSSR count). The van der Waals surface area contributed by atoms with Gasteiger partial charge in [-0.1, -0.05) is 30.3 Å². The van der Waals surface area contributed by atoms with E-state index in [9.17, 15) is 0 Å². The number of rotatable bonds is 3. The Labute approximate surface area is 128 Å². The number of likely N-dealkylation sites (tertiary alicyclic amines) is 1. The van der Waals surface area contributed by atoms with Gasteiger partial charge in [0, 0.05) is 44.8 Å². The quantitative estimate of drug-likeness (QED) is 0.917. The molecule has 3 aliphatic rings. The summed E-state index contributed by atoms with van der Waals surface area (Å²) in [4.78, 5) is 5.47. The van der Waals surface area contributed by atoms with Crippen LogP contribution in [-0.2, 0) is 5.54 Å². The molecule has 3 heteroatoms. The summed E-state index contributed by atoms with van der Waals surface area (Å²) in [7, 11) is 0. The van der Waals surface area contributed by atoms with Gasteiger partial charge < -0.3 is 5.32 Å². The minimum absolute atomic E-state index is 0.104. The maximum atomic E-state index is 3.76. The van der Waals surface area contributed by atoms with Gasteiger partial charge >= 0.3 is 0 Å². The highest BCUT2D eigenvalue weighted by Gasteiger charge is 2.40. The van der Waals surface area contributed by atoms with Crippen molar-refractivity contribution in [2.45, 2.75) is 43.8 Å². The summed E-state index contributed by atoms with van der Waals surface area (Å²) < 4.78 is 0. The van der Waals surface area contributed by atoms with E-state index in [0.29, 0.717) is 0 Å². The fourth-order valence-corrected chi connectivity index (χ4v) is 4.17. The van der Waals surface area contributed by atoms with Crippen LogP contribution in [0.3, 0.4) is 0 Å². The van der Waals surface area contributed by atoms with Crippen LogP contribution in [0.4, 0.5) is 0 Å². The fourth-order valence-electron chi connectivity index (χ4n) is 4.17. The molecule has 0 amide bonds. The Morgan fingerprint density at radius 3 is 2.57 bits per heavy atom. The van der Waals surface area contributed by atoms with Gasteiger partial charge in [0.15, 0.2) is 0 Å². The molecule has 0 spiro atoms. The Bertz CT molecular complexity index is 484. The average molecular weight is 285 g/mol. The van der Waals surface area contributed by atoms with Gasteiger partial charge in [0.25, 0.3) is 0 Å². The fraction of sp³-hybridized carbons (Fsp3) is 0.667. The topological polar surface area (TPSA) is 18.5 Å². The average Bonchev–Trinajstić information content (AvgIpc) is 3.25. The molecule has 2 heterocycles. The van der Waals surface area contributed by atoms with Crippen LogP contribution >= 0.6 is 0 Å². The Hall–Kier alpha value is -0.900. The third-order valence-corrected chi connectivity index (χ3v) is 5.62. The van der Waals surface area contributed by atoms with Crippen molar-refractivity contribution < 1.29 is 0 Å². The van der Waals surface area contributed by atoms with Gasteiger partial charge in [-0.05, 0) is 31.7 Å². The van der Waals surface area contributed by atoms with Crippen LogP contribution in [0.25, 0.3) is 0 Å². The van der Waals surface area contributed by atoms with Crippen LogP contribution in [0.5, 0.6) is 0 Å². The van der Waals surface area contributed by atoms with Crippen molar-refractivity contribution in [3.63, 3.8) is 0 Å².